The molecule has 1 aromatic rings. The summed E-state index contributed by atoms with van der Waals surface area (Å²) in [7, 11) is 0. The molecule has 0 radical (unpaired) electrons. The van der Waals surface area contributed by atoms with Crippen molar-refractivity contribution in [1.29, 1.82) is 0 Å². The van der Waals surface area contributed by atoms with Gasteiger partial charge in [0.05, 0.1) is 0 Å². The van der Waals surface area contributed by atoms with Crippen molar-refractivity contribution in [3.8, 4) is 0 Å². The molecule has 1 atom stereocenters. The number of hydrogen-bond acceptors (Lipinski definition) is 2. The molecular formula is C13H16ClNO2. The Morgan fingerprint density at radius 2 is 2.29 bits per heavy atom. The molecule has 0 heterocycles. The lowest BCUT2D eigenvalue weighted by Crippen LogP contribution is -2.49. The van der Waals surface area contributed by atoms with E-state index in [2.05, 4.69) is 5.32 Å². The van der Waals surface area contributed by atoms with Crippen LogP contribution in [0, 0.1) is 0 Å². The van der Waals surface area contributed by atoms with Crippen molar-refractivity contribution in [3.05, 3.63) is 34.9 Å². The third kappa shape index (κ3) is 2.45. The second-order valence-corrected chi connectivity index (χ2v) is 4.93. The molecule has 3 nitrogen and oxygen atoms in total. The van der Waals surface area contributed by atoms with E-state index in [1.807, 2.05) is 13.0 Å². The van der Waals surface area contributed by atoms with Gasteiger partial charge < -0.3 is 5.11 Å². The topological polar surface area (TPSA) is 49.3 Å². The van der Waals surface area contributed by atoms with Gasteiger partial charge in [0.25, 0.3) is 0 Å². The standard InChI is InChI=1S/C13H16ClNO2/c1-2-13(12(16)17,15-11-6-7-11)9-4-3-5-10(14)8-9/h3-5,8,11,15H,2,6-7H2,1H3,(H,16,17). The van der Waals surface area contributed by atoms with Crippen molar-refractivity contribution in [2.24, 2.45) is 0 Å². The second kappa shape index (κ2) is 4.67. The maximum atomic E-state index is 11.6. The van der Waals surface area contributed by atoms with Crippen LogP contribution in [0.25, 0.3) is 0 Å². The molecule has 1 saturated carbocycles. The van der Waals surface area contributed by atoms with Crippen LogP contribution in [0.15, 0.2) is 24.3 Å². The minimum absolute atomic E-state index is 0.324. The summed E-state index contributed by atoms with van der Waals surface area (Å²) in [5, 5.41) is 13.3. The Kier molecular flexibility index (Phi) is 3.40. The Morgan fingerprint density at radius 1 is 1.59 bits per heavy atom. The van der Waals surface area contributed by atoms with Gasteiger partial charge in [-0.3, -0.25) is 5.32 Å². The molecule has 0 aromatic heterocycles. The highest BCUT2D eigenvalue weighted by molar-refractivity contribution is 6.30. The predicted molar refractivity (Wildman–Crippen MR) is 67.2 cm³/mol. The van der Waals surface area contributed by atoms with Crippen LogP contribution in [-0.4, -0.2) is 17.1 Å². The highest BCUT2D eigenvalue weighted by Gasteiger charge is 2.42. The summed E-state index contributed by atoms with van der Waals surface area (Å²) in [6.45, 7) is 1.88. The summed E-state index contributed by atoms with van der Waals surface area (Å²) in [6.07, 6.45) is 2.60. The smallest absolute Gasteiger partial charge is 0.328 e. The number of nitrogens with one attached hydrogen (secondary N) is 1. The number of aliphatic carboxylic acids is 1. The fraction of sp³-hybridized carbons (Fsp3) is 0.462. The Morgan fingerprint density at radius 3 is 2.76 bits per heavy atom. The third-order valence-corrected chi connectivity index (χ3v) is 3.48. The number of carboxylic acids is 1. The van der Waals surface area contributed by atoms with E-state index in [9.17, 15) is 9.90 Å². The van der Waals surface area contributed by atoms with Crippen LogP contribution < -0.4 is 5.32 Å². The molecule has 92 valence electrons. The second-order valence-electron chi connectivity index (χ2n) is 4.49. The van der Waals surface area contributed by atoms with Gasteiger partial charge in [-0.05, 0) is 37.0 Å². The quantitative estimate of drug-likeness (QED) is 0.848. The number of halogens is 1. The van der Waals surface area contributed by atoms with Gasteiger partial charge in [-0.2, -0.15) is 0 Å². The first kappa shape index (κ1) is 12.4. The van der Waals surface area contributed by atoms with Crippen molar-refractivity contribution in [2.75, 3.05) is 0 Å². The van der Waals surface area contributed by atoms with Gasteiger partial charge in [0.15, 0.2) is 0 Å². The van der Waals surface area contributed by atoms with Gasteiger partial charge in [0, 0.05) is 11.1 Å². The predicted octanol–water partition coefficient (Wildman–Crippen LogP) is 2.78. The summed E-state index contributed by atoms with van der Waals surface area (Å²) in [6, 6.07) is 7.42. The van der Waals surface area contributed by atoms with Crippen LogP contribution in [0.3, 0.4) is 0 Å². The van der Waals surface area contributed by atoms with Gasteiger partial charge in [0.1, 0.15) is 5.54 Å². The summed E-state index contributed by atoms with van der Waals surface area (Å²) in [5.74, 6) is -0.839. The summed E-state index contributed by atoms with van der Waals surface area (Å²) >= 11 is 5.94. The van der Waals surface area contributed by atoms with Crippen LogP contribution >= 0.6 is 11.6 Å². The largest absolute Gasteiger partial charge is 0.480 e. The summed E-state index contributed by atoms with van der Waals surface area (Å²) in [5.41, 5.74) is -0.279. The molecule has 1 fully saturated rings. The summed E-state index contributed by atoms with van der Waals surface area (Å²) in [4.78, 5) is 11.6. The lowest BCUT2D eigenvalue weighted by Gasteiger charge is -2.30. The molecule has 17 heavy (non-hydrogen) atoms. The molecule has 1 aliphatic rings. The van der Waals surface area contributed by atoms with E-state index in [-0.39, 0.29) is 0 Å². The van der Waals surface area contributed by atoms with Gasteiger partial charge in [-0.25, -0.2) is 4.79 Å². The summed E-state index contributed by atoms with van der Waals surface area (Å²) < 4.78 is 0. The molecular weight excluding hydrogens is 238 g/mol. The van der Waals surface area contributed by atoms with E-state index in [0.29, 0.717) is 17.5 Å². The Balaban J connectivity index is 2.39. The lowest BCUT2D eigenvalue weighted by atomic mass is 9.87. The normalized spacial score (nSPS) is 18.7. The molecule has 1 aromatic carbocycles. The number of carbonyl (C=O) groups is 1. The molecule has 2 N–H and O–H groups in total. The Hall–Kier alpha value is -1.06. The van der Waals surface area contributed by atoms with Crippen molar-refractivity contribution in [2.45, 2.75) is 37.8 Å². The van der Waals surface area contributed by atoms with Crippen LogP contribution in [0.2, 0.25) is 5.02 Å². The zero-order valence-electron chi connectivity index (χ0n) is 9.74. The molecule has 0 aliphatic heterocycles. The van der Waals surface area contributed by atoms with Crippen molar-refractivity contribution in [3.63, 3.8) is 0 Å². The molecule has 2 rings (SSSR count). The molecule has 0 bridgehead atoms. The van der Waals surface area contributed by atoms with Gasteiger partial charge in [0.2, 0.25) is 0 Å². The lowest BCUT2D eigenvalue weighted by molar-refractivity contribution is -0.145. The number of rotatable bonds is 5. The van der Waals surface area contributed by atoms with Crippen LogP contribution in [-0.2, 0) is 10.3 Å². The SMILES string of the molecule is CCC(NC1CC1)(C(=O)O)c1cccc(Cl)c1. The van der Waals surface area contributed by atoms with Crippen LogP contribution in [0.5, 0.6) is 0 Å². The fourth-order valence-corrected chi connectivity index (χ4v) is 2.25. The fourth-order valence-electron chi connectivity index (χ4n) is 2.06. The average Bonchev–Trinajstić information content (AvgIpc) is 3.09. The van der Waals surface area contributed by atoms with E-state index >= 15 is 0 Å². The van der Waals surface area contributed by atoms with E-state index in [1.54, 1.807) is 18.2 Å². The zero-order chi connectivity index (χ0) is 12.5. The number of carboxylic acid groups (broad SMARTS) is 1. The molecule has 0 amide bonds. The first-order chi connectivity index (χ1) is 8.08. The Bertz CT molecular complexity index is 431. The number of benzene rings is 1. The molecule has 0 saturated heterocycles. The zero-order valence-corrected chi connectivity index (χ0v) is 10.5. The molecule has 1 unspecified atom stereocenters. The highest BCUT2D eigenvalue weighted by atomic mass is 35.5. The van der Waals surface area contributed by atoms with E-state index in [1.165, 1.54) is 0 Å². The third-order valence-electron chi connectivity index (χ3n) is 3.24. The first-order valence-corrected chi connectivity index (χ1v) is 6.23. The molecule has 0 spiro atoms. The Labute approximate surface area is 106 Å². The molecule has 4 heteroatoms. The van der Waals surface area contributed by atoms with Crippen molar-refractivity contribution >= 4 is 17.6 Å². The first-order valence-electron chi connectivity index (χ1n) is 5.85. The minimum atomic E-state index is -1.01. The highest BCUT2D eigenvalue weighted by Crippen LogP contribution is 2.32. The van der Waals surface area contributed by atoms with E-state index in [0.717, 1.165) is 18.4 Å². The van der Waals surface area contributed by atoms with Gasteiger partial charge in [-0.1, -0.05) is 30.7 Å². The van der Waals surface area contributed by atoms with Gasteiger partial charge >= 0.3 is 5.97 Å². The van der Waals surface area contributed by atoms with Gasteiger partial charge in [-0.15, -0.1) is 0 Å². The minimum Gasteiger partial charge on any atom is -0.480 e. The molecule has 1 aliphatic carbocycles. The monoisotopic (exact) mass is 253 g/mol. The van der Waals surface area contributed by atoms with E-state index in [4.69, 9.17) is 11.6 Å². The number of hydrogen-bond donors (Lipinski definition) is 2. The van der Waals surface area contributed by atoms with Crippen LogP contribution in [0.4, 0.5) is 0 Å². The van der Waals surface area contributed by atoms with E-state index < -0.39 is 11.5 Å². The maximum absolute atomic E-state index is 11.6. The van der Waals surface area contributed by atoms with Crippen LogP contribution in [0.1, 0.15) is 31.7 Å². The average molecular weight is 254 g/mol. The van der Waals surface area contributed by atoms with Crippen molar-refractivity contribution in [1.82, 2.24) is 5.32 Å². The maximum Gasteiger partial charge on any atom is 0.328 e. The van der Waals surface area contributed by atoms with Crippen molar-refractivity contribution < 1.29 is 9.90 Å².